The van der Waals surface area contributed by atoms with Crippen LogP contribution in [0.1, 0.15) is 21.5 Å². The van der Waals surface area contributed by atoms with Gasteiger partial charge in [0.1, 0.15) is 6.26 Å². The first-order valence-electron chi connectivity index (χ1n) is 4.72. The third kappa shape index (κ3) is 1.50. The quantitative estimate of drug-likeness (QED) is 0.755. The third-order valence-corrected chi connectivity index (χ3v) is 3.62. The molecule has 0 saturated heterocycles. The Balaban J connectivity index is 3.02. The van der Waals surface area contributed by atoms with Crippen molar-refractivity contribution in [3.63, 3.8) is 0 Å². The Morgan fingerprint density at radius 2 is 2.06 bits per heavy atom. The molecule has 0 aliphatic carbocycles. The van der Waals surface area contributed by atoms with Crippen LogP contribution in [0.3, 0.4) is 0 Å². The molecule has 2 aromatic rings. The van der Waals surface area contributed by atoms with E-state index in [-0.39, 0.29) is 11.0 Å². The fraction of sp³-hybridized carbons (Fsp3) is 0.167. The number of carbonyl (C=O) groups is 1. The Morgan fingerprint density at radius 3 is 2.69 bits per heavy atom. The maximum atomic E-state index is 11.9. The number of aldehydes is 1. The summed E-state index contributed by atoms with van der Waals surface area (Å²) in [4.78, 5) is 22.5. The van der Waals surface area contributed by atoms with Gasteiger partial charge in [-0.3, -0.25) is 9.59 Å². The second-order valence-corrected chi connectivity index (χ2v) is 4.44. The molecule has 0 radical (unpaired) electrons. The predicted octanol–water partition coefficient (Wildman–Crippen LogP) is 2.98. The maximum Gasteiger partial charge on any atom is 0.203 e. The van der Waals surface area contributed by atoms with Gasteiger partial charge in [0.2, 0.25) is 5.43 Å². The average molecular weight is 281 g/mol. The number of fused-ring (bicyclic) bond motifs is 1. The lowest BCUT2D eigenvalue weighted by Crippen LogP contribution is -2.08. The third-order valence-electron chi connectivity index (χ3n) is 2.66. The van der Waals surface area contributed by atoms with E-state index in [0.29, 0.717) is 17.3 Å². The highest BCUT2D eigenvalue weighted by atomic mass is 79.9. The van der Waals surface area contributed by atoms with Gasteiger partial charge in [0, 0.05) is 0 Å². The summed E-state index contributed by atoms with van der Waals surface area (Å²) in [6.45, 7) is 3.85. The van der Waals surface area contributed by atoms with Gasteiger partial charge in [0.05, 0.1) is 15.4 Å². The van der Waals surface area contributed by atoms with Crippen LogP contribution in [0.2, 0.25) is 0 Å². The van der Waals surface area contributed by atoms with E-state index in [9.17, 15) is 9.59 Å². The Labute approximate surface area is 100 Å². The normalized spacial score (nSPS) is 10.7. The highest BCUT2D eigenvalue weighted by Gasteiger charge is 2.12. The summed E-state index contributed by atoms with van der Waals surface area (Å²) in [6, 6.07) is 1.74. The number of carbonyl (C=O) groups excluding carboxylic acids is 1. The monoisotopic (exact) mass is 280 g/mol. The van der Waals surface area contributed by atoms with Gasteiger partial charge in [0.25, 0.3) is 0 Å². The number of hydrogen-bond donors (Lipinski definition) is 0. The van der Waals surface area contributed by atoms with Crippen LogP contribution in [0.25, 0.3) is 11.0 Å². The van der Waals surface area contributed by atoms with Gasteiger partial charge < -0.3 is 4.42 Å². The van der Waals surface area contributed by atoms with Gasteiger partial charge in [-0.25, -0.2) is 0 Å². The molecule has 1 heterocycles. The summed E-state index contributed by atoms with van der Waals surface area (Å²) in [5, 5.41) is 0.430. The minimum Gasteiger partial charge on any atom is -0.462 e. The molecule has 16 heavy (non-hydrogen) atoms. The minimum absolute atomic E-state index is 0.0441. The molecule has 0 spiro atoms. The van der Waals surface area contributed by atoms with Crippen molar-refractivity contribution in [3.05, 3.63) is 43.7 Å². The van der Waals surface area contributed by atoms with Crippen LogP contribution in [0.15, 0.2) is 26.0 Å². The lowest BCUT2D eigenvalue weighted by molar-refractivity contribution is 0.112. The number of aryl methyl sites for hydroxylation is 1. The van der Waals surface area contributed by atoms with Crippen LogP contribution >= 0.6 is 15.9 Å². The predicted molar refractivity (Wildman–Crippen MR) is 65.0 cm³/mol. The van der Waals surface area contributed by atoms with Crippen molar-refractivity contribution in [2.75, 3.05) is 0 Å². The number of rotatable bonds is 1. The van der Waals surface area contributed by atoms with Crippen LogP contribution < -0.4 is 5.43 Å². The van der Waals surface area contributed by atoms with Crippen LogP contribution in [-0.2, 0) is 0 Å². The molecule has 4 heteroatoms. The van der Waals surface area contributed by atoms with Crippen molar-refractivity contribution in [2.45, 2.75) is 13.8 Å². The summed E-state index contributed by atoms with van der Waals surface area (Å²) in [5.74, 6) is 0. The SMILES string of the molecule is Cc1cc2c(=O)c(C=O)coc2c(Br)c1C. The summed E-state index contributed by atoms with van der Waals surface area (Å²) >= 11 is 3.39. The minimum atomic E-state index is -0.292. The molecule has 0 bridgehead atoms. The van der Waals surface area contributed by atoms with Crippen LogP contribution in [0.4, 0.5) is 0 Å². The van der Waals surface area contributed by atoms with E-state index in [1.165, 1.54) is 6.26 Å². The zero-order chi connectivity index (χ0) is 11.9. The molecule has 0 aliphatic heterocycles. The molecular formula is C12H9BrO3. The Morgan fingerprint density at radius 1 is 1.38 bits per heavy atom. The Bertz CT molecular complexity index is 641. The molecular weight excluding hydrogens is 272 g/mol. The van der Waals surface area contributed by atoms with Gasteiger partial charge in [-0.15, -0.1) is 0 Å². The summed E-state index contributed by atoms with van der Waals surface area (Å²) < 4.78 is 6.06. The molecule has 2 rings (SSSR count). The Kier molecular flexibility index (Phi) is 2.68. The number of benzene rings is 1. The lowest BCUT2D eigenvalue weighted by Gasteiger charge is -2.06. The lowest BCUT2D eigenvalue weighted by atomic mass is 10.1. The smallest absolute Gasteiger partial charge is 0.203 e. The first-order valence-corrected chi connectivity index (χ1v) is 5.52. The molecule has 82 valence electrons. The van der Waals surface area contributed by atoms with Gasteiger partial charge in [-0.2, -0.15) is 0 Å². The topological polar surface area (TPSA) is 47.3 Å². The van der Waals surface area contributed by atoms with Crippen molar-refractivity contribution in [2.24, 2.45) is 0 Å². The average Bonchev–Trinajstić information content (AvgIpc) is 2.28. The standard InChI is InChI=1S/C12H9BrO3/c1-6-3-9-11(15)8(4-14)5-16-12(9)10(13)7(6)2/h3-5H,1-2H3. The van der Waals surface area contributed by atoms with Crippen LogP contribution in [0, 0.1) is 13.8 Å². The first-order chi connectivity index (χ1) is 7.56. The highest BCUT2D eigenvalue weighted by Crippen LogP contribution is 2.28. The molecule has 0 unspecified atom stereocenters. The molecule has 0 fully saturated rings. The second-order valence-electron chi connectivity index (χ2n) is 3.65. The van der Waals surface area contributed by atoms with Crippen molar-refractivity contribution in [1.82, 2.24) is 0 Å². The van der Waals surface area contributed by atoms with E-state index in [2.05, 4.69) is 15.9 Å². The Hall–Kier alpha value is -1.42. The second kappa shape index (κ2) is 3.87. The zero-order valence-corrected chi connectivity index (χ0v) is 10.4. The van der Waals surface area contributed by atoms with Gasteiger partial charge in [0.15, 0.2) is 11.9 Å². The summed E-state index contributed by atoms with van der Waals surface area (Å²) in [6.07, 6.45) is 1.70. The molecule has 0 amide bonds. The number of halogens is 1. The summed E-state index contributed by atoms with van der Waals surface area (Å²) in [7, 11) is 0. The number of hydrogen-bond acceptors (Lipinski definition) is 3. The van der Waals surface area contributed by atoms with E-state index in [1.54, 1.807) is 6.07 Å². The van der Waals surface area contributed by atoms with Crippen LogP contribution in [-0.4, -0.2) is 6.29 Å². The van der Waals surface area contributed by atoms with E-state index in [4.69, 9.17) is 4.42 Å². The van der Waals surface area contributed by atoms with Gasteiger partial charge in [-0.05, 0) is 47.0 Å². The van der Waals surface area contributed by atoms with E-state index < -0.39 is 0 Å². The molecule has 0 N–H and O–H groups in total. The zero-order valence-electron chi connectivity index (χ0n) is 8.83. The van der Waals surface area contributed by atoms with Crippen molar-refractivity contribution in [3.8, 4) is 0 Å². The molecule has 1 aromatic heterocycles. The van der Waals surface area contributed by atoms with E-state index >= 15 is 0 Å². The molecule has 0 atom stereocenters. The van der Waals surface area contributed by atoms with Crippen molar-refractivity contribution in [1.29, 1.82) is 0 Å². The van der Waals surface area contributed by atoms with E-state index in [1.807, 2.05) is 13.8 Å². The van der Waals surface area contributed by atoms with E-state index in [0.717, 1.165) is 15.6 Å². The molecule has 3 nitrogen and oxygen atoms in total. The fourth-order valence-corrected chi connectivity index (χ4v) is 2.17. The first kappa shape index (κ1) is 11.1. The van der Waals surface area contributed by atoms with Crippen molar-refractivity contribution < 1.29 is 9.21 Å². The maximum absolute atomic E-state index is 11.9. The van der Waals surface area contributed by atoms with Crippen molar-refractivity contribution >= 4 is 33.2 Å². The fourth-order valence-electron chi connectivity index (χ4n) is 1.55. The molecule has 0 aliphatic rings. The van der Waals surface area contributed by atoms with Gasteiger partial charge in [-0.1, -0.05) is 0 Å². The molecule has 0 saturated carbocycles. The summed E-state index contributed by atoms with van der Waals surface area (Å²) in [5.41, 5.74) is 2.24. The van der Waals surface area contributed by atoms with Gasteiger partial charge >= 0.3 is 0 Å². The highest BCUT2D eigenvalue weighted by molar-refractivity contribution is 9.10. The largest absolute Gasteiger partial charge is 0.462 e. The van der Waals surface area contributed by atoms with Crippen LogP contribution in [0.5, 0.6) is 0 Å². The molecule has 1 aromatic carbocycles.